The third kappa shape index (κ3) is 5.68. The fourth-order valence-electron chi connectivity index (χ4n) is 4.10. The fraction of sp³-hybridized carbons (Fsp3) is 0.458. The molecule has 1 fully saturated rings. The van der Waals surface area contributed by atoms with E-state index in [2.05, 4.69) is 16.3 Å². The molecule has 31 heavy (non-hydrogen) atoms. The van der Waals surface area contributed by atoms with Gasteiger partial charge in [-0.05, 0) is 76.1 Å². The maximum Gasteiger partial charge on any atom is 0.407 e. The molecule has 1 aliphatic rings. The van der Waals surface area contributed by atoms with Gasteiger partial charge in [-0.15, -0.1) is 6.42 Å². The molecule has 0 atom stereocenters. The first-order valence-corrected chi connectivity index (χ1v) is 10.8. The van der Waals surface area contributed by atoms with E-state index in [4.69, 9.17) is 22.8 Å². The number of nitrogens with one attached hydrogen (secondary N) is 1. The van der Waals surface area contributed by atoms with E-state index in [1.807, 2.05) is 45.0 Å². The van der Waals surface area contributed by atoms with E-state index in [-0.39, 0.29) is 17.0 Å². The molecule has 7 heteroatoms. The predicted octanol–water partition coefficient (Wildman–Crippen LogP) is 4.46. The second-order valence-corrected chi connectivity index (χ2v) is 9.46. The number of hydrogen-bond acceptors (Lipinski definition) is 4. The molecule has 1 aliphatic carbocycles. The number of benzene rings is 1. The lowest BCUT2D eigenvalue weighted by atomic mass is 9.68. The van der Waals surface area contributed by atoms with Crippen molar-refractivity contribution in [2.24, 2.45) is 0 Å². The molecule has 0 aliphatic heterocycles. The molecule has 3 rings (SSSR count). The van der Waals surface area contributed by atoms with E-state index in [0.717, 1.165) is 31.2 Å². The average molecular weight is 442 g/mol. The summed E-state index contributed by atoms with van der Waals surface area (Å²) in [5, 5.41) is 7.91. The van der Waals surface area contributed by atoms with Gasteiger partial charge in [-0.2, -0.15) is 5.10 Å². The van der Waals surface area contributed by atoms with Crippen molar-refractivity contribution in [2.45, 2.75) is 63.5 Å². The Labute approximate surface area is 187 Å². The minimum absolute atomic E-state index is 0.0466. The number of alkyl carbamates (subject to hydrolysis) is 1. The van der Waals surface area contributed by atoms with Crippen LogP contribution in [0.15, 0.2) is 41.2 Å². The van der Waals surface area contributed by atoms with Crippen LogP contribution >= 0.6 is 11.6 Å². The molecule has 0 unspecified atom stereocenters. The molecule has 0 saturated heterocycles. The summed E-state index contributed by atoms with van der Waals surface area (Å²) in [7, 11) is 0. The maximum absolute atomic E-state index is 12.4. The molecule has 6 nitrogen and oxygen atoms in total. The quantitative estimate of drug-likeness (QED) is 0.711. The van der Waals surface area contributed by atoms with Crippen LogP contribution in [0, 0.1) is 12.3 Å². The third-order valence-electron chi connectivity index (χ3n) is 5.64. The van der Waals surface area contributed by atoms with E-state index >= 15 is 0 Å². The normalized spacial score (nSPS) is 21.2. The summed E-state index contributed by atoms with van der Waals surface area (Å²) in [5.41, 5.74) is 0.460. The molecular formula is C24H28ClN3O3. The first-order chi connectivity index (χ1) is 14.6. The van der Waals surface area contributed by atoms with Crippen molar-refractivity contribution in [1.29, 1.82) is 0 Å². The van der Waals surface area contributed by atoms with Crippen molar-refractivity contribution in [1.82, 2.24) is 15.1 Å². The smallest absolute Gasteiger partial charge is 0.407 e. The maximum atomic E-state index is 12.4. The van der Waals surface area contributed by atoms with E-state index in [0.29, 0.717) is 17.3 Å². The second-order valence-electron chi connectivity index (χ2n) is 9.02. The van der Waals surface area contributed by atoms with Gasteiger partial charge in [-0.25, -0.2) is 9.48 Å². The average Bonchev–Trinajstić information content (AvgIpc) is 2.72. The van der Waals surface area contributed by atoms with Gasteiger partial charge < -0.3 is 10.1 Å². The summed E-state index contributed by atoms with van der Waals surface area (Å²) < 4.78 is 6.91. The topological polar surface area (TPSA) is 73.2 Å². The standard InChI is InChI=1S/C24H28ClN3O3/c1-5-19-9-10-21(29)28(27-19)20-11-13-24(14-12-20,17-7-6-8-18(25)15-17)16-26-22(30)31-23(2,3)4/h1,6-10,15,20H,11-14,16H2,2-4H3,(H,26,30)/t20-,24+. The summed E-state index contributed by atoms with van der Waals surface area (Å²) in [6.45, 7) is 5.92. The lowest BCUT2D eigenvalue weighted by Gasteiger charge is -2.41. The summed E-state index contributed by atoms with van der Waals surface area (Å²) in [4.78, 5) is 24.7. The number of rotatable bonds is 4. The molecule has 164 valence electrons. The van der Waals surface area contributed by atoms with Crippen LogP contribution in [-0.2, 0) is 10.2 Å². The van der Waals surface area contributed by atoms with Gasteiger partial charge >= 0.3 is 6.09 Å². The Hall–Kier alpha value is -2.78. The van der Waals surface area contributed by atoms with Crippen molar-refractivity contribution < 1.29 is 9.53 Å². The van der Waals surface area contributed by atoms with Gasteiger partial charge in [0.2, 0.25) is 0 Å². The Morgan fingerprint density at radius 1 is 1.32 bits per heavy atom. The zero-order valence-electron chi connectivity index (χ0n) is 18.2. The number of hydrogen-bond donors (Lipinski definition) is 1. The molecule has 1 aromatic heterocycles. The Morgan fingerprint density at radius 2 is 2.03 bits per heavy atom. The number of nitrogens with zero attached hydrogens (tertiary/aromatic N) is 2. The summed E-state index contributed by atoms with van der Waals surface area (Å²) >= 11 is 6.27. The third-order valence-corrected chi connectivity index (χ3v) is 5.87. The number of ether oxygens (including phenoxy) is 1. The molecule has 0 radical (unpaired) electrons. The van der Waals surface area contributed by atoms with Crippen molar-refractivity contribution >= 4 is 17.7 Å². The molecular weight excluding hydrogens is 414 g/mol. The zero-order valence-corrected chi connectivity index (χ0v) is 18.9. The van der Waals surface area contributed by atoms with Gasteiger partial charge in [0.1, 0.15) is 11.3 Å². The lowest BCUT2D eigenvalue weighted by Crippen LogP contribution is -2.45. The van der Waals surface area contributed by atoms with E-state index in [1.165, 1.54) is 10.7 Å². The van der Waals surface area contributed by atoms with Crippen LogP contribution < -0.4 is 10.9 Å². The van der Waals surface area contributed by atoms with Gasteiger partial charge in [0, 0.05) is 23.0 Å². The molecule has 1 saturated carbocycles. The van der Waals surface area contributed by atoms with Crippen LogP contribution in [0.5, 0.6) is 0 Å². The Kier molecular flexibility index (Phi) is 6.76. The van der Waals surface area contributed by atoms with E-state index in [1.54, 1.807) is 6.07 Å². The van der Waals surface area contributed by atoms with Crippen molar-refractivity contribution in [3.63, 3.8) is 0 Å². The Morgan fingerprint density at radius 3 is 2.65 bits per heavy atom. The number of halogens is 1. The molecule has 1 aromatic carbocycles. The zero-order chi connectivity index (χ0) is 22.6. The Balaban J connectivity index is 1.82. The van der Waals surface area contributed by atoms with Crippen molar-refractivity contribution in [3.05, 3.63) is 63.0 Å². The summed E-state index contributed by atoms with van der Waals surface area (Å²) in [6.07, 6.45) is 7.96. The highest BCUT2D eigenvalue weighted by Crippen LogP contribution is 2.43. The van der Waals surface area contributed by atoms with Crippen LogP contribution in [0.25, 0.3) is 0 Å². The number of carbonyl (C=O) groups excluding carboxylic acids is 1. The second kappa shape index (κ2) is 9.15. The lowest BCUT2D eigenvalue weighted by molar-refractivity contribution is 0.0504. The van der Waals surface area contributed by atoms with Gasteiger partial charge in [0.25, 0.3) is 5.56 Å². The molecule has 1 amide bonds. The summed E-state index contributed by atoms with van der Waals surface area (Å²) in [6, 6.07) is 10.7. The van der Waals surface area contributed by atoms with Gasteiger partial charge in [-0.3, -0.25) is 4.79 Å². The first kappa shape index (κ1) is 22.9. The van der Waals surface area contributed by atoms with Crippen LogP contribution in [0.2, 0.25) is 5.02 Å². The summed E-state index contributed by atoms with van der Waals surface area (Å²) in [5.74, 6) is 2.49. The van der Waals surface area contributed by atoms with Crippen molar-refractivity contribution in [3.8, 4) is 12.3 Å². The molecule has 0 spiro atoms. The highest BCUT2D eigenvalue weighted by molar-refractivity contribution is 6.30. The number of aromatic nitrogens is 2. The SMILES string of the molecule is C#Cc1ccc(=O)n([C@H]2CC[C@@](CNC(=O)OC(C)(C)C)(c3cccc(Cl)c3)CC2)n1. The van der Waals surface area contributed by atoms with Gasteiger partial charge in [0.05, 0.1) is 6.04 Å². The highest BCUT2D eigenvalue weighted by Gasteiger charge is 2.38. The largest absolute Gasteiger partial charge is 0.444 e. The van der Waals surface area contributed by atoms with Crippen molar-refractivity contribution in [2.75, 3.05) is 6.54 Å². The minimum atomic E-state index is -0.570. The van der Waals surface area contributed by atoms with Gasteiger partial charge in [-0.1, -0.05) is 23.7 Å². The van der Waals surface area contributed by atoms with E-state index in [9.17, 15) is 9.59 Å². The molecule has 1 heterocycles. The number of amides is 1. The van der Waals surface area contributed by atoms with Crippen LogP contribution in [0.4, 0.5) is 4.79 Å². The van der Waals surface area contributed by atoms with Gasteiger partial charge in [0.15, 0.2) is 0 Å². The van der Waals surface area contributed by atoms with E-state index < -0.39 is 11.7 Å². The van der Waals surface area contributed by atoms with Crippen LogP contribution in [0.1, 0.15) is 63.8 Å². The first-order valence-electron chi connectivity index (χ1n) is 10.4. The minimum Gasteiger partial charge on any atom is -0.444 e. The molecule has 0 bridgehead atoms. The van der Waals surface area contributed by atoms with Crippen LogP contribution in [0.3, 0.4) is 0 Å². The Bertz CT molecular complexity index is 1040. The van der Waals surface area contributed by atoms with Crippen LogP contribution in [-0.4, -0.2) is 28.0 Å². The highest BCUT2D eigenvalue weighted by atomic mass is 35.5. The molecule has 2 aromatic rings. The number of terminal acetylenes is 1. The number of carbonyl (C=O) groups is 1. The fourth-order valence-corrected chi connectivity index (χ4v) is 4.30. The molecule has 1 N–H and O–H groups in total. The predicted molar refractivity (Wildman–Crippen MR) is 121 cm³/mol. The monoisotopic (exact) mass is 441 g/mol.